The van der Waals surface area contributed by atoms with Gasteiger partial charge in [0.2, 0.25) is 0 Å². The lowest BCUT2D eigenvalue weighted by atomic mass is 10.3. The van der Waals surface area contributed by atoms with Gasteiger partial charge in [-0.1, -0.05) is 6.92 Å². The number of halogens is 2. The Kier molecular flexibility index (Phi) is 3.40. The van der Waals surface area contributed by atoms with Gasteiger partial charge >= 0.3 is 0 Å². The summed E-state index contributed by atoms with van der Waals surface area (Å²) in [5, 5.41) is 0. The van der Waals surface area contributed by atoms with Crippen LogP contribution in [0.5, 0.6) is 0 Å². The van der Waals surface area contributed by atoms with Crippen molar-refractivity contribution in [3.63, 3.8) is 0 Å². The summed E-state index contributed by atoms with van der Waals surface area (Å²) in [4.78, 5) is 1.10. The summed E-state index contributed by atoms with van der Waals surface area (Å²) in [6.07, 6.45) is 0. The highest BCUT2D eigenvalue weighted by Gasteiger charge is 1.98. The van der Waals surface area contributed by atoms with E-state index in [1.807, 2.05) is 0 Å². The van der Waals surface area contributed by atoms with Crippen molar-refractivity contribution in [1.82, 2.24) is 0 Å². The largest absolute Gasteiger partial charge is 0.206 e. The van der Waals surface area contributed by atoms with Crippen molar-refractivity contribution >= 4 is 27.7 Å². The van der Waals surface area contributed by atoms with E-state index in [0.29, 0.717) is 4.47 Å². The van der Waals surface area contributed by atoms with Gasteiger partial charge in [-0.15, -0.1) is 11.8 Å². The van der Waals surface area contributed by atoms with Crippen LogP contribution in [0.4, 0.5) is 4.39 Å². The first-order chi connectivity index (χ1) is 5.24. The van der Waals surface area contributed by atoms with E-state index in [0.717, 1.165) is 10.6 Å². The van der Waals surface area contributed by atoms with Gasteiger partial charge in [0, 0.05) is 4.90 Å². The molecule has 0 fully saturated rings. The predicted molar refractivity (Wildman–Crippen MR) is 50.5 cm³/mol. The third-order valence-electron chi connectivity index (χ3n) is 1.20. The Morgan fingerprint density at radius 1 is 1.55 bits per heavy atom. The molecule has 0 atom stereocenters. The molecule has 1 aromatic rings. The maximum Gasteiger partial charge on any atom is 0.137 e. The summed E-state index contributed by atoms with van der Waals surface area (Å²) in [7, 11) is 0. The van der Waals surface area contributed by atoms with Crippen molar-refractivity contribution in [1.29, 1.82) is 0 Å². The third kappa shape index (κ3) is 2.49. The zero-order valence-corrected chi connectivity index (χ0v) is 8.51. The Hall–Kier alpha value is -0.0200. The molecule has 0 N–H and O–H groups in total. The number of hydrogen-bond donors (Lipinski definition) is 0. The van der Waals surface area contributed by atoms with E-state index in [4.69, 9.17) is 0 Å². The highest BCUT2D eigenvalue weighted by atomic mass is 79.9. The predicted octanol–water partition coefficient (Wildman–Crippen LogP) is 3.70. The van der Waals surface area contributed by atoms with Gasteiger partial charge in [-0.25, -0.2) is 4.39 Å². The van der Waals surface area contributed by atoms with E-state index < -0.39 is 0 Å². The van der Waals surface area contributed by atoms with Crippen molar-refractivity contribution in [2.75, 3.05) is 5.75 Å². The number of thioether (sulfide) groups is 1. The van der Waals surface area contributed by atoms with Gasteiger partial charge in [-0.2, -0.15) is 0 Å². The Morgan fingerprint density at radius 2 is 2.27 bits per heavy atom. The van der Waals surface area contributed by atoms with Gasteiger partial charge in [0.25, 0.3) is 0 Å². The minimum atomic E-state index is -0.203. The van der Waals surface area contributed by atoms with Gasteiger partial charge in [-0.3, -0.25) is 0 Å². The van der Waals surface area contributed by atoms with Crippen molar-refractivity contribution in [3.8, 4) is 0 Å². The van der Waals surface area contributed by atoms with E-state index in [2.05, 4.69) is 22.9 Å². The molecule has 0 radical (unpaired) electrons. The van der Waals surface area contributed by atoms with Crippen LogP contribution in [0.15, 0.2) is 27.6 Å². The van der Waals surface area contributed by atoms with E-state index in [-0.39, 0.29) is 5.82 Å². The Bertz CT molecular complexity index is 250. The van der Waals surface area contributed by atoms with Crippen LogP contribution in [0.25, 0.3) is 0 Å². The van der Waals surface area contributed by atoms with Crippen LogP contribution in [0, 0.1) is 5.82 Å². The highest BCUT2D eigenvalue weighted by molar-refractivity contribution is 9.10. The molecule has 11 heavy (non-hydrogen) atoms. The van der Waals surface area contributed by atoms with Crippen molar-refractivity contribution in [2.24, 2.45) is 0 Å². The van der Waals surface area contributed by atoms with Gasteiger partial charge < -0.3 is 0 Å². The summed E-state index contributed by atoms with van der Waals surface area (Å²) in [6.45, 7) is 2.07. The normalized spacial score (nSPS) is 10.1. The molecule has 0 amide bonds. The molecule has 0 nitrogen and oxygen atoms in total. The second-order valence-corrected chi connectivity index (χ2v) is 4.20. The lowest BCUT2D eigenvalue weighted by molar-refractivity contribution is 0.619. The highest BCUT2D eigenvalue weighted by Crippen LogP contribution is 2.23. The molecule has 1 aromatic carbocycles. The van der Waals surface area contributed by atoms with E-state index in [9.17, 15) is 4.39 Å². The molecule has 0 aliphatic carbocycles. The fourth-order valence-electron chi connectivity index (χ4n) is 0.733. The molecule has 0 saturated carbocycles. The molecule has 0 aliphatic rings. The van der Waals surface area contributed by atoms with Crippen molar-refractivity contribution in [2.45, 2.75) is 11.8 Å². The summed E-state index contributed by atoms with van der Waals surface area (Å²) in [6, 6.07) is 5.06. The molecule has 0 spiro atoms. The molecule has 0 bridgehead atoms. The van der Waals surface area contributed by atoms with E-state index >= 15 is 0 Å². The number of hydrogen-bond acceptors (Lipinski definition) is 1. The topological polar surface area (TPSA) is 0 Å². The van der Waals surface area contributed by atoms with Crippen LogP contribution < -0.4 is 0 Å². The third-order valence-corrected chi connectivity index (χ3v) is 2.69. The molecule has 1 rings (SSSR count). The van der Waals surface area contributed by atoms with E-state index in [1.54, 1.807) is 23.9 Å². The summed E-state index contributed by atoms with van der Waals surface area (Å²) in [5.74, 6) is 0.809. The zero-order valence-electron chi connectivity index (χ0n) is 6.10. The van der Waals surface area contributed by atoms with Crippen LogP contribution in [0.1, 0.15) is 6.92 Å². The second kappa shape index (κ2) is 4.12. The number of rotatable bonds is 2. The van der Waals surface area contributed by atoms with Crippen LogP contribution >= 0.6 is 27.7 Å². The molecular formula is C8H8BrFS. The summed E-state index contributed by atoms with van der Waals surface area (Å²) >= 11 is 4.83. The maximum atomic E-state index is 12.7. The second-order valence-electron chi connectivity index (χ2n) is 2.01. The molecule has 0 aliphatic heterocycles. The minimum absolute atomic E-state index is 0.203. The Labute approximate surface area is 78.3 Å². The van der Waals surface area contributed by atoms with Gasteiger partial charge in [0.15, 0.2) is 0 Å². The first-order valence-electron chi connectivity index (χ1n) is 3.32. The summed E-state index contributed by atoms with van der Waals surface area (Å²) in [5.41, 5.74) is 0. The average molecular weight is 235 g/mol. The zero-order chi connectivity index (χ0) is 8.27. The van der Waals surface area contributed by atoms with Crippen LogP contribution in [-0.4, -0.2) is 5.75 Å². The maximum absolute atomic E-state index is 12.7. The molecule has 0 heterocycles. The van der Waals surface area contributed by atoms with E-state index in [1.165, 1.54) is 6.07 Å². The van der Waals surface area contributed by atoms with Crippen molar-refractivity contribution in [3.05, 3.63) is 28.5 Å². The fourth-order valence-corrected chi connectivity index (χ4v) is 1.96. The molecule has 0 unspecified atom stereocenters. The van der Waals surface area contributed by atoms with Crippen LogP contribution in [0.2, 0.25) is 0 Å². The van der Waals surface area contributed by atoms with Gasteiger partial charge in [0.05, 0.1) is 4.47 Å². The molecule has 3 heteroatoms. The molecule has 60 valence electrons. The Balaban J connectivity index is 2.86. The van der Waals surface area contributed by atoms with Gasteiger partial charge in [-0.05, 0) is 39.9 Å². The summed E-state index contributed by atoms with van der Waals surface area (Å²) < 4.78 is 13.2. The average Bonchev–Trinajstić information content (AvgIpc) is 1.98. The smallest absolute Gasteiger partial charge is 0.137 e. The monoisotopic (exact) mass is 234 g/mol. The minimum Gasteiger partial charge on any atom is -0.206 e. The van der Waals surface area contributed by atoms with Gasteiger partial charge in [0.1, 0.15) is 5.82 Å². The molecule has 0 saturated heterocycles. The lowest BCUT2D eigenvalue weighted by Gasteiger charge is -1.98. The quantitative estimate of drug-likeness (QED) is 0.704. The number of benzene rings is 1. The van der Waals surface area contributed by atoms with Crippen molar-refractivity contribution < 1.29 is 4.39 Å². The first kappa shape index (κ1) is 9.07. The first-order valence-corrected chi connectivity index (χ1v) is 5.09. The molecule has 0 aromatic heterocycles. The van der Waals surface area contributed by atoms with Crippen LogP contribution in [-0.2, 0) is 0 Å². The molecular weight excluding hydrogens is 227 g/mol. The fraction of sp³-hybridized carbons (Fsp3) is 0.250. The van der Waals surface area contributed by atoms with Crippen LogP contribution in [0.3, 0.4) is 0 Å². The lowest BCUT2D eigenvalue weighted by Crippen LogP contribution is -1.78. The Morgan fingerprint density at radius 3 is 2.82 bits per heavy atom. The standard InChI is InChI=1S/C8H8BrFS/c1-2-11-6-3-4-8(10)7(9)5-6/h3-5H,2H2,1H3. The SMILES string of the molecule is CCSc1ccc(F)c(Br)c1.